The van der Waals surface area contributed by atoms with Gasteiger partial charge in [-0.15, -0.1) is 0 Å². The fraction of sp³-hybridized carbons (Fsp3) is 0. The molecule has 0 aliphatic carbocycles. The number of hydrogen-bond acceptors (Lipinski definition) is 4. The van der Waals surface area contributed by atoms with Crippen LogP contribution in [0, 0.1) is 0 Å². The second-order valence-corrected chi connectivity index (χ2v) is 3.78. The number of aromatic nitrogens is 5. The third-order valence-corrected chi connectivity index (χ3v) is 2.86. The van der Waals surface area contributed by atoms with Crippen LogP contribution in [0.3, 0.4) is 0 Å². The molecule has 0 spiro atoms. The molecular formula is C12H7N5. The van der Waals surface area contributed by atoms with Crippen LogP contribution in [0.4, 0.5) is 0 Å². The summed E-state index contributed by atoms with van der Waals surface area (Å²) in [4.78, 5) is 17.1. The highest BCUT2D eigenvalue weighted by Gasteiger charge is 2.09. The smallest absolute Gasteiger partial charge is 0.149 e. The Morgan fingerprint density at radius 2 is 1.82 bits per heavy atom. The molecule has 0 atom stereocenters. The second-order valence-electron chi connectivity index (χ2n) is 3.78. The molecule has 0 saturated carbocycles. The van der Waals surface area contributed by atoms with Crippen molar-refractivity contribution in [2.45, 2.75) is 0 Å². The molecule has 0 radical (unpaired) electrons. The number of hydrogen-bond donors (Lipinski definition) is 0. The zero-order valence-corrected chi connectivity index (χ0v) is 8.78. The molecule has 4 rings (SSSR count). The van der Waals surface area contributed by atoms with E-state index in [1.165, 1.54) is 0 Å². The normalized spacial score (nSPS) is 11.5. The summed E-state index contributed by atoms with van der Waals surface area (Å²) >= 11 is 0. The lowest BCUT2D eigenvalue weighted by molar-refractivity contribution is 1.18. The lowest BCUT2D eigenvalue weighted by Crippen LogP contribution is -1.94. The molecule has 0 amide bonds. The maximum Gasteiger partial charge on any atom is 0.149 e. The first-order chi connectivity index (χ1) is 8.45. The van der Waals surface area contributed by atoms with Crippen molar-refractivity contribution in [3.8, 4) is 0 Å². The fourth-order valence-corrected chi connectivity index (χ4v) is 2.16. The molecule has 80 valence electrons. The van der Waals surface area contributed by atoms with Crippen molar-refractivity contribution in [2.75, 3.05) is 0 Å². The Hall–Kier alpha value is -2.56. The van der Waals surface area contributed by atoms with E-state index >= 15 is 0 Å². The zero-order valence-electron chi connectivity index (χ0n) is 8.78. The Bertz CT molecular complexity index is 779. The second kappa shape index (κ2) is 2.98. The molecule has 4 aromatic heterocycles. The van der Waals surface area contributed by atoms with Crippen molar-refractivity contribution >= 4 is 27.6 Å². The first-order valence-corrected chi connectivity index (χ1v) is 5.24. The van der Waals surface area contributed by atoms with Crippen LogP contribution in [0.1, 0.15) is 0 Å². The topological polar surface area (TPSA) is 56.0 Å². The van der Waals surface area contributed by atoms with E-state index in [0.29, 0.717) is 0 Å². The van der Waals surface area contributed by atoms with Gasteiger partial charge in [0, 0.05) is 30.2 Å². The molecular weight excluding hydrogens is 214 g/mol. The van der Waals surface area contributed by atoms with E-state index in [0.717, 1.165) is 27.6 Å². The van der Waals surface area contributed by atoms with Gasteiger partial charge >= 0.3 is 0 Å². The molecule has 5 heteroatoms. The molecule has 17 heavy (non-hydrogen) atoms. The van der Waals surface area contributed by atoms with Crippen molar-refractivity contribution in [3.63, 3.8) is 0 Å². The van der Waals surface area contributed by atoms with Gasteiger partial charge in [-0.2, -0.15) is 0 Å². The van der Waals surface area contributed by atoms with Crippen LogP contribution < -0.4 is 0 Å². The summed E-state index contributed by atoms with van der Waals surface area (Å²) in [6.07, 6.45) is 8.77. The van der Waals surface area contributed by atoms with Crippen LogP contribution in [-0.4, -0.2) is 24.3 Å². The quantitative estimate of drug-likeness (QED) is 0.425. The van der Waals surface area contributed by atoms with Crippen LogP contribution in [0.2, 0.25) is 0 Å². The summed E-state index contributed by atoms with van der Waals surface area (Å²) in [5.41, 5.74) is 2.60. The first kappa shape index (κ1) is 8.58. The van der Waals surface area contributed by atoms with Gasteiger partial charge in [-0.05, 0) is 12.1 Å². The summed E-state index contributed by atoms with van der Waals surface area (Å²) in [7, 11) is 0. The van der Waals surface area contributed by atoms with Gasteiger partial charge in [0.25, 0.3) is 0 Å². The van der Waals surface area contributed by atoms with E-state index < -0.39 is 0 Å². The van der Waals surface area contributed by atoms with Gasteiger partial charge in [-0.3, -0.25) is 4.40 Å². The SMILES string of the molecule is c1cnc2c(c1)c1ncncc1c1nccn21. The Labute approximate surface area is 95.8 Å². The summed E-state index contributed by atoms with van der Waals surface area (Å²) in [5.74, 6) is 0. The summed E-state index contributed by atoms with van der Waals surface area (Å²) < 4.78 is 1.96. The van der Waals surface area contributed by atoms with Gasteiger partial charge in [-0.25, -0.2) is 19.9 Å². The van der Waals surface area contributed by atoms with Crippen molar-refractivity contribution in [1.29, 1.82) is 0 Å². The van der Waals surface area contributed by atoms with E-state index in [2.05, 4.69) is 19.9 Å². The standard InChI is InChI=1S/C12H7N5/c1-2-8-10-9(6-13-7-16-10)12-15-4-5-17(12)11(8)14-3-1/h1-7H. The summed E-state index contributed by atoms with van der Waals surface area (Å²) in [6.45, 7) is 0. The Morgan fingerprint density at radius 1 is 0.941 bits per heavy atom. The predicted octanol–water partition coefficient (Wildman–Crippen LogP) is 1.83. The molecule has 0 unspecified atom stereocenters. The van der Waals surface area contributed by atoms with E-state index in [4.69, 9.17) is 0 Å². The highest BCUT2D eigenvalue weighted by atomic mass is 15.0. The van der Waals surface area contributed by atoms with Gasteiger partial charge in [0.15, 0.2) is 0 Å². The minimum atomic E-state index is 0.840. The third kappa shape index (κ3) is 1.02. The van der Waals surface area contributed by atoms with Gasteiger partial charge in [-0.1, -0.05) is 0 Å². The van der Waals surface area contributed by atoms with Crippen LogP contribution in [0.25, 0.3) is 27.6 Å². The van der Waals surface area contributed by atoms with E-state index in [1.54, 1.807) is 24.9 Å². The highest BCUT2D eigenvalue weighted by Crippen LogP contribution is 2.24. The maximum absolute atomic E-state index is 4.39. The van der Waals surface area contributed by atoms with Gasteiger partial charge < -0.3 is 0 Å². The molecule has 0 bridgehead atoms. The van der Waals surface area contributed by atoms with Crippen molar-refractivity contribution < 1.29 is 0 Å². The predicted molar refractivity (Wildman–Crippen MR) is 63.6 cm³/mol. The van der Waals surface area contributed by atoms with Crippen LogP contribution in [-0.2, 0) is 0 Å². The van der Waals surface area contributed by atoms with E-state index in [-0.39, 0.29) is 0 Å². The van der Waals surface area contributed by atoms with Crippen LogP contribution >= 0.6 is 0 Å². The minimum Gasteiger partial charge on any atom is -0.283 e. The molecule has 0 aliphatic heterocycles. The van der Waals surface area contributed by atoms with Crippen molar-refractivity contribution in [1.82, 2.24) is 24.3 Å². The molecule has 5 nitrogen and oxygen atoms in total. The monoisotopic (exact) mass is 221 g/mol. The maximum atomic E-state index is 4.39. The Morgan fingerprint density at radius 3 is 2.82 bits per heavy atom. The molecule has 0 fully saturated rings. The van der Waals surface area contributed by atoms with Crippen molar-refractivity contribution in [2.24, 2.45) is 0 Å². The average molecular weight is 221 g/mol. The first-order valence-electron chi connectivity index (χ1n) is 5.24. The van der Waals surface area contributed by atoms with Gasteiger partial charge in [0.2, 0.25) is 0 Å². The third-order valence-electron chi connectivity index (χ3n) is 2.86. The average Bonchev–Trinajstić information content (AvgIpc) is 2.89. The van der Waals surface area contributed by atoms with Crippen LogP contribution in [0.5, 0.6) is 0 Å². The number of nitrogens with zero attached hydrogens (tertiary/aromatic N) is 5. The lowest BCUT2D eigenvalue weighted by Gasteiger charge is -2.04. The zero-order chi connectivity index (χ0) is 11.2. The molecule has 0 aliphatic rings. The number of imidazole rings is 1. The number of pyridine rings is 2. The summed E-state index contributed by atoms with van der Waals surface area (Å²) in [5, 5.41) is 1.95. The Kier molecular flexibility index (Phi) is 1.50. The van der Waals surface area contributed by atoms with Gasteiger partial charge in [0.05, 0.1) is 10.9 Å². The van der Waals surface area contributed by atoms with E-state index in [1.807, 2.05) is 22.7 Å². The molecule has 0 N–H and O–H groups in total. The minimum absolute atomic E-state index is 0.840. The molecule has 4 heterocycles. The Balaban J connectivity index is 2.48. The van der Waals surface area contributed by atoms with E-state index in [9.17, 15) is 0 Å². The number of rotatable bonds is 0. The molecule has 0 saturated heterocycles. The fourth-order valence-electron chi connectivity index (χ4n) is 2.16. The van der Waals surface area contributed by atoms with Crippen molar-refractivity contribution in [3.05, 3.63) is 43.2 Å². The molecule has 4 aromatic rings. The largest absolute Gasteiger partial charge is 0.283 e. The lowest BCUT2D eigenvalue weighted by atomic mass is 10.2. The van der Waals surface area contributed by atoms with Gasteiger partial charge in [0.1, 0.15) is 17.6 Å². The number of fused-ring (bicyclic) bond motifs is 6. The van der Waals surface area contributed by atoms with Crippen LogP contribution in [0.15, 0.2) is 43.2 Å². The highest BCUT2D eigenvalue weighted by molar-refractivity contribution is 6.07. The molecule has 0 aromatic carbocycles. The summed E-state index contributed by atoms with van der Waals surface area (Å²) in [6, 6.07) is 3.92.